The first-order valence-electron chi connectivity index (χ1n) is 42.7. The minimum Gasteiger partial charge on any atom is -0.383 e. The minimum atomic E-state index is -4.43. The van der Waals surface area contributed by atoms with Crippen LogP contribution < -0.4 is 41.8 Å². The lowest BCUT2D eigenvalue weighted by Crippen LogP contribution is -2.15. The van der Waals surface area contributed by atoms with Crippen molar-refractivity contribution in [1.82, 2.24) is 79.0 Å². The summed E-state index contributed by atoms with van der Waals surface area (Å²) < 4.78 is 192. The lowest BCUT2D eigenvalue weighted by Gasteiger charge is -2.11. The van der Waals surface area contributed by atoms with Crippen LogP contribution in [0.2, 0.25) is 0 Å². The van der Waals surface area contributed by atoms with Crippen LogP contribution in [-0.4, -0.2) is 123 Å². The van der Waals surface area contributed by atoms with Gasteiger partial charge in [0.05, 0.1) is 88.8 Å². The number of benzene rings is 8. The van der Waals surface area contributed by atoms with Gasteiger partial charge in [0.15, 0.2) is 27.5 Å². The van der Waals surface area contributed by atoms with E-state index in [-0.39, 0.29) is 85.5 Å². The quantitative estimate of drug-likeness (QED) is 0.0177. The Kier molecular flexibility index (Phi) is 25.9. The molecule has 4 aliphatic rings. The smallest absolute Gasteiger partial charge is 0.289 e. The van der Waals surface area contributed by atoms with Crippen LogP contribution in [0.25, 0.3) is 89.2 Å². The van der Waals surface area contributed by atoms with Crippen LogP contribution in [0.3, 0.4) is 0 Å². The van der Waals surface area contributed by atoms with Crippen LogP contribution in [0.4, 0.5) is 79.3 Å². The van der Waals surface area contributed by atoms with Gasteiger partial charge in [0.2, 0.25) is 0 Å². The number of non-ortho nitro benzene ring substituents is 1. The number of nitrogen functional groups attached to an aromatic ring is 4. The summed E-state index contributed by atoms with van der Waals surface area (Å²) in [5.74, 6) is -3.42. The third-order valence-corrected chi connectivity index (χ3v) is 29.4. The number of anilines is 8. The number of rotatable bonds is 22. The van der Waals surface area contributed by atoms with Crippen molar-refractivity contribution in [2.24, 2.45) is 0 Å². The van der Waals surface area contributed by atoms with E-state index < -0.39 is 100 Å². The number of nitrogens with two attached hydrogens (primary N) is 4. The monoisotopic (exact) mass is 1940 g/mol. The highest BCUT2D eigenvalue weighted by Gasteiger charge is 2.34. The molecule has 8 heterocycles. The van der Waals surface area contributed by atoms with Crippen molar-refractivity contribution in [2.75, 3.05) is 41.8 Å². The predicted molar refractivity (Wildman–Crippen MR) is 498 cm³/mol. The molecule has 0 saturated heterocycles. The van der Waals surface area contributed by atoms with Crippen LogP contribution in [0.15, 0.2) is 215 Å². The van der Waals surface area contributed by atoms with E-state index in [0.717, 1.165) is 151 Å². The summed E-state index contributed by atoms with van der Waals surface area (Å²) in [5.41, 5.74) is 27.7. The predicted octanol–water partition coefficient (Wildman–Crippen LogP) is 16.3. The number of para-hydroxylation sites is 1. The van der Waals surface area contributed by atoms with Crippen molar-refractivity contribution in [3.63, 3.8) is 0 Å². The summed E-state index contributed by atoms with van der Waals surface area (Å²) >= 11 is 0. The van der Waals surface area contributed by atoms with Gasteiger partial charge >= 0.3 is 0 Å². The molecule has 0 spiro atoms. The Morgan fingerprint density at radius 2 is 0.642 bits per heavy atom. The zero-order chi connectivity index (χ0) is 96.5. The Morgan fingerprint density at radius 3 is 0.964 bits per heavy atom. The molecule has 0 radical (unpaired) electrons. The number of hydrogen-bond acceptors (Lipinski definition) is 29. The first-order chi connectivity index (χ1) is 65.7. The fourth-order valence-corrected chi connectivity index (χ4v) is 22.0. The third kappa shape index (κ3) is 19.0. The standard InChI is InChI=1S/C23H20FN7O2S.C22H20F2N6O2S.2C22H20FN7O4S/c24-17-11-14(9-10-18(17)30-34(32,33)19-8-4-1-5-15(19)12-25)21-20-22(26)27-13-28-23(20)31(29-21)16-6-2-3-7-16;23-15-7-3-4-8-18(15)33(31,32)29-17-10-9-13(11-16(17)24)20-19-21(25)26-12-27-22(19)30(28-20)14-5-1-2-6-14;23-15-11-13(9-10-16(15)28-35(33,34)18-8-4-3-7-17(18)30(31)32)20-19-21(24)25-12-26-22(19)29(27-20)14-5-1-2-6-14;23-17-10-13(8-9-18(17)28-35(33,34)16-7-3-6-15(11-16)30(31)32)20-19-21(24)25-12-26-22(19)29(27-20)14-4-1-2-5-14/h1,4-5,8-11,13,16,30H,2-3,6-7H2,(H2,26,27,28);3-4,7-12,14,29H,1-2,5-6H2,(H2,25,26,27);3-4,7-12,14,28H,1-2,5-6H2,(H2,24,25,26);3,6-12,14,28H,1-2,4-5H2,(H2,24,25,26). The number of aromatic nitrogens is 16. The fourth-order valence-electron chi connectivity index (χ4n) is 17.2. The SMILES string of the molecule is N#Cc1ccccc1S(=O)(=O)Nc1ccc(-c2nn(C3CCCC3)c3ncnc(N)c23)cc1F.Nc1ncnc2c1c(-c1ccc(NS(=O)(=O)c3cccc([N+](=O)[O-])c3)c(F)c1)nn2C1CCCC1.Nc1ncnc2c1c(-c1ccc(NS(=O)(=O)c3ccccc3F)c(F)c1)nn2C1CCCC1.Nc1ncnc2c1c(-c1ccc(NS(=O)(=O)c3ccccc3[N+](=O)[O-])c(F)c1)nn2C1CCCC1. The number of nitriles is 1. The van der Waals surface area contributed by atoms with Crippen LogP contribution >= 0.6 is 0 Å². The highest BCUT2D eigenvalue weighted by Crippen LogP contribution is 2.44. The van der Waals surface area contributed by atoms with E-state index in [1.165, 1.54) is 135 Å². The molecule has 702 valence electrons. The molecule has 39 nitrogen and oxygen atoms in total. The molecule has 0 bridgehead atoms. The van der Waals surface area contributed by atoms with E-state index in [2.05, 4.69) is 74.1 Å². The number of sulfonamides is 4. The maximum Gasteiger partial charge on any atom is 0.289 e. The van der Waals surface area contributed by atoms with Gasteiger partial charge in [-0.05, 0) is 136 Å². The van der Waals surface area contributed by atoms with Gasteiger partial charge in [0.25, 0.3) is 51.5 Å². The van der Waals surface area contributed by atoms with Crippen LogP contribution in [-0.2, 0) is 40.1 Å². The summed E-state index contributed by atoms with van der Waals surface area (Å²) in [4.78, 5) is 52.6. The van der Waals surface area contributed by atoms with Crippen molar-refractivity contribution >= 4 is 142 Å². The fraction of sp³-hybridized carbons (Fsp3) is 0.225. The molecule has 0 unspecified atom stereocenters. The first-order valence-corrected chi connectivity index (χ1v) is 48.6. The maximum atomic E-state index is 15.1. The Bertz CT molecular complexity index is 8010. The highest BCUT2D eigenvalue weighted by atomic mass is 32.2. The second-order valence-electron chi connectivity index (χ2n) is 32.5. The third-order valence-electron chi connectivity index (χ3n) is 23.8. The van der Waals surface area contributed by atoms with Gasteiger partial charge < -0.3 is 22.9 Å². The molecular weight excluding hydrogens is 1860 g/mol. The summed E-state index contributed by atoms with van der Waals surface area (Å²) in [6, 6.07) is 38.2. The molecule has 4 aliphatic carbocycles. The molecule has 4 fully saturated rings. The number of nitro benzene ring substituents is 2. The zero-order valence-electron chi connectivity index (χ0n) is 71.8. The average Bonchev–Trinajstić information content (AvgIpc) is 1.62. The van der Waals surface area contributed by atoms with Gasteiger partial charge in [0, 0.05) is 40.5 Å². The van der Waals surface area contributed by atoms with Gasteiger partial charge in [-0.3, -0.25) is 39.1 Å². The molecule has 8 aromatic carbocycles. The lowest BCUT2D eigenvalue weighted by molar-refractivity contribution is -0.387. The number of hydrogen-bond donors (Lipinski definition) is 8. The Labute approximate surface area is 776 Å². The van der Waals surface area contributed by atoms with Crippen molar-refractivity contribution in [3.05, 3.63) is 250 Å². The van der Waals surface area contributed by atoms with Crippen molar-refractivity contribution in [1.29, 1.82) is 5.26 Å². The second kappa shape index (κ2) is 38.2. The van der Waals surface area contributed by atoms with Crippen molar-refractivity contribution in [3.8, 4) is 51.1 Å². The van der Waals surface area contributed by atoms with E-state index >= 15 is 13.2 Å². The van der Waals surface area contributed by atoms with E-state index in [4.69, 9.17) is 28.0 Å². The second-order valence-corrected chi connectivity index (χ2v) is 39.1. The van der Waals surface area contributed by atoms with Crippen LogP contribution in [0, 0.1) is 60.6 Å². The number of nitrogens with one attached hydrogen (secondary N) is 4. The maximum absolute atomic E-state index is 15.1. The van der Waals surface area contributed by atoms with E-state index in [1.807, 2.05) is 20.1 Å². The van der Waals surface area contributed by atoms with Gasteiger partial charge in [0.1, 0.15) is 116 Å². The number of nitrogens with zero attached hydrogens (tertiary/aromatic N) is 19. The minimum absolute atomic E-state index is 0.0357. The van der Waals surface area contributed by atoms with E-state index in [1.54, 1.807) is 16.8 Å². The molecule has 0 aliphatic heterocycles. The molecule has 12 N–H and O–H groups in total. The Morgan fingerprint density at radius 1 is 0.343 bits per heavy atom. The Hall–Kier alpha value is -15.9. The molecule has 137 heavy (non-hydrogen) atoms. The van der Waals surface area contributed by atoms with E-state index in [9.17, 15) is 67.9 Å². The summed E-state index contributed by atoms with van der Waals surface area (Å²) in [5, 5.41) is 52.2. The van der Waals surface area contributed by atoms with Gasteiger partial charge in [-0.1, -0.05) is 118 Å². The van der Waals surface area contributed by atoms with Crippen LogP contribution in [0.1, 0.15) is 132 Å². The number of halogens is 5. The lowest BCUT2D eigenvalue weighted by atomic mass is 10.1. The number of nitro groups is 2. The normalized spacial score (nSPS) is 14.5. The average molecular weight is 1940 g/mol. The molecule has 48 heteroatoms. The summed E-state index contributed by atoms with van der Waals surface area (Å²) in [6.45, 7) is 0. The van der Waals surface area contributed by atoms with Crippen molar-refractivity contribution < 1.29 is 65.5 Å². The topological polar surface area (TPSA) is 573 Å². The molecule has 8 aromatic heterocycles. The Balaban J connectivity index is 0.000000127. The van der Waals surface area contributed by atoms with Crippen LogP contribution in [0.5, 0.6) is 0 Å². The van der Waals surface area contributed by atoms with E-state index in [0.29, 0.717) is 89.2 Å². The largest absolute Gasteiger partial charge is 0.383 e. The summed E-state index contributed by atoms with van der Waals surface area (Å²) in [7, 11) is -17.2. The van der Waals surface area contributed by atoms with Crippen molar-refractivity contribution in [2.45, 2.75) is 146 Å². The summed E-state index contributed by atoms with van der Waals surface area (Å²) in [6.07, 6.45) is 21.8. The van der Waals surface area contributed by atoms with Gasteiger partial charge in [-0.2, -0.15) is 25.7 Å². The molecular formula is C89H80F5N27O12S4. The zero-order valence-corrected chi connectivity index (χ0v) is 75.1. The molecule has 0 atom stereocenters. The first kappa shape index (κ1) is 92.9. The molecule has 16 aromatic rings. The van der Waals surface area contributed by atoms with Gasteiger partial charge in [-0.15, -0.1) is 0 Å². The molecule has 20 rings (SSSR count). The highest BCUT2D eigenvalue weighted by molar-refractivity contribution is 7.93. The molecule has 4 saturated carbocycles. The number of fused-ring (bicyclic) bond motifs is 4. The molecule has 0 amide bonds. The van der Waals surface area contributed by atoms with Gasteiger partial charge in [-0.25, -0.2) is 114 Å².